The fourth-order valence-electron chi connectivity index (χ4n) is 2.26. The van der Waals surface area contributed by atoms with Crippen molar-refractivity contribution in [3.63, 3.8) is 0 Å². The van der Waals surface area contributed by atoms with E-state index < -0.39 is 6.10 Å². The highest BCUT2D eigenvalue weighted by Crippen LogP contribution is 2.38. The van der Waals surface area contributed by atoms with Gasteiger partial charge >= 0.3 is 0 Å². The first-order chi connectivity index (χ1) is 9.68. The molecule has 1 aliphatic heterocycles. The molecule has 0 aromatic heterocycles. The molecule has 1 unspecified atom stereocenters. The fourth-order valence-corrected chi connectivity index (χ4v) is 2.26. The van der Waals surface area contributed by atoms with E-state index in [1.54, 1.807) is 12.1 Å². The molecule has 0 saturated carbocycles. The second-order valence-corrected chi connectivity index (χ2v) is 4.59. The van der Waals surface area contributed by atoms with Gasteiger partial charge in [-0.05, 0) is 31.2 Å². The quantitative estimate of drug-likeness (QED) is 0.786. The third kappa shape index (κ3) is 1.95. The van der Waals surface area contributed by atoms with Crippen LogP contribution >= 0.6 is 0 Å². The zero-order valence-corrected chi connectivity index (χ0v) is 10.9. The van der Waals surface area contributed by atoms with Gasteiger partial charge in [0.1, 0.15) is 5.75 Å². The number of para-hydroxylation sites is 3. The Balaban J connectivity index is 2.15. The summed E-state index contributed by atoms with van der Waals surface area (Å²) in [6.07, 6.45) is -1.08. The number of carbonyl (C=O) groups is 2. The largest absolute Gasteiger partial charge is 0.470 e. The lowest BCUT2D eigenvalue weighted by atomic mass is 10.1. The van der Waals surface area contributed by atoms with Crippen molar-refractivity contribution in [1.29, 1.82) is 0 Å². The van der Waals surface area contributed by atoms with Crippen LogP contribution in [-0.2, 0) is 9.59 Å². The molecule has 20 heavy (non-hydrogen) atoms. The van der Waals surface area contributed by atoms with E-state index in [4.69, 9.17) is 4.74 Å². The summed E-state index contributed by atoms with van der Waals surface area (Å²) in [6.45, 7) is 1.36. The van der Waals surface area contributed by atoms with Crippen molar-refractivity contribution < 1.29 is 14.3 Å². The molecule has 0 fully saturated rings. The number of fused-ring (bicyclic) bond motifs is 1. The van der Waals surface area contributed by atoms with Gasteiger partial charge < -0.3 is 4.74 Å². The number of hydrogen-bond donors (Lipinski definition) is 0. The molecule has 100 valence electrons. The summed E-state index contributed by atoms with van der Waals surface area (Å²) in [7, 11) is 0. The van der Waals surface area contributed by atoms with Crippen molar-refractivity contribution >= 4 is 23.1 Å². The molecule has 3 rings (SSSR count). The van der Waals surface area contributed by atoms with Gasteiger partial charge in [0.15, 0.2) is 5.78 Å². The lowest BCUT2D eigenvalue weighted by Crippen LogP contribution is -2.47. The number of rotatable bonds is 2. The van der Waals surface area contributed by atoms with Gasteiger partial charge in [0.25, 0.3) is 5.91 Å². The van der Waals surface area contributed by atoms with E-state index in [1.807, 2.05) is 42.5 Å². The van der Waals surface area contributed by atoms with Crippen LogP contribution < -0.4 is 9.64 Å². The van der Waals surface area contributed by atoms with Crippen LogP contribution in [0.5, 0.6) is 5.75 Å². The SMILES string of the molecule is CC(=O)C1Oc2ccccc2N(c2ccccc2)C1=O. The third-order valence-corrected chi connectivity index (χ3v) is 3.18. The molecule has 2 aromatic carbocycles. The van der Waals surface area contributed by atoms with Gasteiger partial charge in [0.05, 0.1) is 5.69 Å². The number of carbonyl (C=O) groups excluding carboxylic acids is 2. The zero-order valence-electron chi connectivity index (χ0n) is 10.9. The van der Waals surface area contributed by atoms with Crippen molar-refractivity contribution in [1.82, 2.24) is 0 Å². The molecule has 0 radical (unpaired) electrons. The first kappa shape index (κ1) is 12.4. The van der Waals surface area contributed by atoms with Crippen LogP contribution in [0.2, 0.25) is 0 Å². The number of amides is 1. The van der Waals surface area contributed by atoms with Gasteiger partial charge in [-0.2, -0.15) is 0 Å². The Morgan fingerprint density at radius 1 is 1.05 bits per heavy atom. The number of nitrogens with zero attached hydrogens (tertiary/aromatic N) is 1. The van der Waals surface area contributed by atoms with Crippen molar-refractivity contribution in [2.24, 2.45) is 0 Å². The molecule has 0 N–H and O–H groups in total. The van der Waals surface area contributed by atoms with E-state index in [-0.39, 0.29) is 11.7 Å². The first-order valence-corrected chi connectivity index (χ1v) is 6.33. The topological polar surface area (TPSA) is 46.6 Å². The average Bonchev–Trinajstić information content (AvgIpc) is 2.47. The molecule has 1 amide bonds. The summed E-state index contributed by atoms with van der Waals surface area (Å²) >= 11 is 0. The Bertz CT molecular complexity index is 666. The highest BCUT2D eigenvalue weighted by atomic mass is 16.5. The average molecular weight is 267 g/mol. The summed E-state index contributed by atoms with van der Waals surface area (Å²) in [4.78, 5) is 25.7. The van der Waals surface area contributed by atoms with Gasteiger partial charge in [-0.3, -0.25) is 14.5 Å². The lowest BCUT2D eigenvalue weighted by molar-refractivity contribution is -0.135. The van der Waals surface area contributed by atoms with Crippen LogP contribution in [0.1, 0.15) is 6.92 Å². The Hall–Kier alpha value is -2.62. The summed E-state index contributed by atoms with van der Waals surface area (Å²) in [5, 5.41) is 0. The maximum atomic E-state index is 12.5. The second kappa shape index (κ2) is 4.81. The fraction of sp³-hybridized carbons (Fsp3) is 0.125. The van der Waals surface area contributed by atoms with E-state index in [2.05, 4.69) is 0 Å². The van der Waals surface area contributed by atoms with Gasteiger partial charge in [-0.1, -0.05) is 30.3 Å². The molecule has 0 saturated heterocycles. The van der Waals surface area contributed by atoms with Gasteiger partial charge in [-0.15, -0.1) is 0 Å². The molecular formula is C16H13NO3. The molecule has 2 aromatic rings. The van der Waals surface area contributed by atoms with Crippen LogP contribution in [0.15, 0.2) is 54.6 Å². The van der Waals surface area contributed by atoms with Crippen LogP contribution in [0.25, 0.3) is 0 Å². The van der Waals surface area contributed by atoms with Crippen LogP contribution in [0, 0.1) is 0 Å². The molecule has 0 aliphatic carbocycles. The predicted molar refractivity (Wildman–Crippen MR) is 75.1 cm³/mol. The van der Waals surface area contributed by atoms with Crippen molar-refractivity contribution in [3.8, 4) is 5.75 Å². The number of benzene rings is 2. The summed E-state index contributed by atoms with van der Waals surface area (Å²) in [5.74, 6) is -0.121. The number of anilines is 2. The van der Waals surface area contributed by atoms with Crippen molar-refractivity contribution in [2.75, 3.05) is 4.90 Å². The molecule has 1 atom stereocenters. The minimum absolute atomic E-state index is 0.301. The zero-order chi connectivity index (χ0) is 14.1. The molecule has 0 spiro atoms. The molecule has 4 heteroatoms. The monoisotopic (exact) mass is 267 g/mol. The van der Waals surface area contributed by atoms with Gasteiger partial charge in [0, 0.05) is 5.69 Å². The number of hydrogen-bond acceptors (Lipinski definition) is 3. The van der Waals surface area contributed by atoms with Gasteiger partial charge in [-0.25, -0.2) is 0 Å². The lowest BCUT2D eigenvalue weighted by Gasteiger charge is -2.33. The second-order valence-electron chi connectivity index (χ2n) is 4.59. The van der Waals surface area contributed by atoms with E-state index in [9.17, 15) is 9.59 Å². The van der Waals surface area contributed by atoms with E-state index in [0.29, 0.717) is 11.4 Å². The summed E-state index contributed by atoms with van der Waals surface area (Å²) < 4.78 is 5.52. The number of ketones is 1. The van der Waals surface area contributed by atoms with E-state index >= 15 is 0 Å². The molecule has 1 aliphatic rings. The summed E-state index contributed by atoms with van der Waals surface area (Å²) in [6, 6.07) is 16.4. The number of ether oxygens (including phenoxy) is 1. The van der Waals surface area contributed by atoms with Crippen LogP contribution in [0.4, 0.5) is 11.4 Å². The van der Waals surface area contributed by atoms with E-state index in [0.717, 1.165) is 5.69 Å². The third-order valence-electron chi connectivity index (χ3n) is 3.18. The highest BCUT2D eigenvalue weighted by molar-refractivity contribution is 6.15. The normalized spacial score (nSPS) is 17.4. The van der Waals surface area contributed by atoms with Crippen molar-refractivity contribution in [3.05, 3.63) is 54.6 Å². The van der Waals surface area contributed by atoms with Crippen molar-refractivity contribution in [2.45, 2.75) is 13.0 Å². The Labute approximate surface area is 116 Å². The smallest absolute Gasteiger partial charge is 0.280 e. The summed E-state index contributed by atoms with van der Waals surface area (Å²) in [5.41, 5.74) is 1.38. The standard InChI is InChI=1S/C16H13NO3/c1-11(18)15-16(19)17(12-7-3-2-4-8-12)13-9-5-6-10-14(13)20-15/h2-10,15H,1H3. The minimum Gasteiger partial charge on any atom is -0.470 e. The maximum Gasteiger partial charge on any atom is 0.280 e. The van der Waals surface area contributed by atoms with Crippen LogP contribution in [-0.4, -0.2) is 17.8 Å². The highest BCUT2D eigenvalue weighted by Gasteiger charge is 2.37. The minimum atomic E-state index is -1.08. The molecule has 0 bridgehead atoms. The molecular weight excluding hydrogens is 254 g/mol. The first-order valence-electron chi connectivity index (χ1n) is 6.33. The van der Waals surface area contributed by atoms with Crippen LogP contribution in [0.3, 0.4) is 0 Å². The van der Waals surface area contributed by atoms with E-state index in [1.165, 1.54) is 11.8 Å². The maximum absolute atomic E-state index is 12.5. The predicted octanol–water partition coefficient (Wildman–Crippen LogP) is 2.70. The molecule has 4 nitrogen and oxygen atoms in total. The Morgan fingerprint density at radius 2 is 1.70 bits per heavy atom. The van der Waals surface area contributed by atoms with Gasteiger partial charge in [0.2, 0.25) is 6.10 Å². The number of Topliss-reactive ketones (excluding diaryl/α,β-unsaturated/α-hetero) is 1. The molecule has 1 heterocycles. The Morgan fingerprint density at radius 3 is 2.40 bits per heavy atom. The Kier molecular flexibility index (Phi) is 2.99.